The minimum atomic E-state index is -1.77. The number of aliphatic hydroxyl groups is 1. The van der Waals surface area contributed by atoms with Crippen LogP contribution in [0.2, 0.25) is 0 Å². The first-order valence-electron chi connectivity index (χ1n) is 2.22. The molecule has 0 radical (unpaired) electrons. The van der Waals surface area contributed by atoms with Crippen molar-refractivity contribution in [3.8, 4) is 0 Å². The first-order chi connectivity index (χ1) is 3.55. The molecule has 4 nitrogen and oxygen atoms in total. The van der Waals surface area contributed by atoms with Gasteiger partial charge in [0.1, 0.15) is 0 Å². The Bertz CT molecular complexity index is 94.5. The number of rotatable bonds is 2. The second-order valence-corrected chi connectivity index (χ2v) is 0.976. The summed E-state index contributed by atoms with van der Waals surface area (Å²) in [7, 11) is 0. The molecule has 0 unspecified atom stereocenters. The molecule has 0 saturated carbocycles. The number of carboxylic acids is 1. The molecule has 2 atom stereocenters. The molecular formula is C3H7NO3. The van der Waals surface area contributed by atoms with Gasteiger partial charge in [0, 0.05) is 7.89 Å². The van der Waals surface area contributed by atoms with E-state index in [1.807, 2.05) is 0 Å². The van der Waals surface area contributed by atoms with Crippen LogP contribution in [0.4, 0.5) is 0 Å². The van der Waals surface area contributed by atoms with E-state index in [4.69, 9.17) is 11.6 Å². The Labute approximate surface area is 42.0 Å². The van der Waals surface area contributed by atoms with E-state index in [1.165, 1.54) is 0 Å². The molecule has 0 aromatic rings. The van der Waals surface area contributed by atoms with Gasteiger partial charge in [-0.15, -0.1) is 0 Å². The van der Waals surface area contributed by atoms with Crippen molar-refractivity contribution in [2.75, 3.05) is 6.52 Å². The third kappa shape index (κ3) is 2.13. The smallest absolute Gasteiger partial charge is 0.333 e. The molecule has 0 spiro atoms. The average Bonchev–Trinajstić information content (AvgIpc) is 1.64. The highest BCUT2D eigenvalue weighted by Gasteiger charge is 2.07. The molecule has 0 bridgehead atoms. The fourth-order valence-electron chi connectivity index (χ4n) is 0.0823. The fraction of sp³-hybridized carbons (Fsp3) is 0.667. The van der Waals surface area contributed by atoms with Gasteiger partial charge in [-0.25, -0.2) is 4.79 Å². The summed E-state index contributed by atoms with van der Waals surface area (Å²) in [4.78, 5) is 9.69. The van der Waals surface area contributed by atoms with Gasteiger partial charge >= 0.3 is 5.97 Å². The van der Waals surface area contributed by atoms with Crippen molar-refractivity contribution in [1.29, 1.82) is 0 Å². The van der Waals surface area contributed by atoms with Crippen LogP contribution in [-0.4, -0.2) is 28.8 Å². The lowest BCUT2D eigenvalue weighted by Crippen LogP contribution is -2.28. The van der Waals surface area contributed by atoms with E-state index >= 15 is 0 Å². The molecule has 0 fully saturated rings. The number of aliphatic carboxylic acids is 1. The van der Waals surface area contributed by atoms with Crippen molar-refractivity contribution < 1.29 is 16.4 Å². The van der Waals surface area contributed by atoms with Crippen LogP contribution in [0, 0.1) is 0 Å². The molecule has 0 aliphatic carbocycles. The number of aliphatic hydroxyl groups excluding tert-OH is 1. The summed E-state index contributed by atoms with van der Waals surface area (Å²) in [6.07, 6.45) is -1.77. The van der Waals surface area contributed by atoms with Crippen LogP contribution >= 0.6 is 0 Å². The van der Waals surface area contributed by atoms with Crippen LogP contribution in [0.1, 0.15) is 1.37 Å². The van der Waals surface area contributed by atoms with Gasteiger partial charge in [0.2, 0.25) is 0 Å². The SMILES string of the molecule is [2H][C@@H](N)[C@@H](O)C(=O)O. The second-order valence-electron chi connectivity index (χ2n) is 0.976. The number of hydrogen-bond donors (Lipinski definition) is 3. The van der Waals surface area contributed by atoms with Gasteiger partial charge in [-0.1, -0.05) is 0 Å². The van der Waals surface area contributed by atoms with Crippen molar-refractivity contribution in [2.45, 2.75) is 6.10 Å². The summed E-state index contributed by atoms with van der Waals surface area (Å²) in [5.74, 6) is -1.47. The van der Waals surface area contributed by atoms with Gasteiger partial charge < -0.3 is 15.9 Å². The molecule has 4 heteroatoms. The topological polar surface area (TPSA) is 83.5 Å². The molecule has 4 N–H and O–H groups in total. The Morgan fingerprint density at radius 2 is 2.57 bits per heavy atom. The van der Waals surface area contributed by atoms with E-state index in [-0.39, 0.29) is 0 Å². The first-order valence-corrected chi connectivity index (χ1v) is 1.64. The third-order valence-electron chi connectivity index (χ3n) is 0.435. The summed E-state index contributed by atoms with van der Waals surface area (Å²) in [5.41, 5.74) is 4.67. The van der Waals surface area contributed by atoms with Crippen LogP contribution in [0.15, 0.2) is 0 Å². The van der Waals surface area contributed by atoms with Crippen LogP contribution in [-0.2, 0) is 4.79 Å². The number of nitrogens with two attached hydrogens (primary N) is 1. The Morgan fingerprint density at radius 1 is 2.14 bits per heavy atom. The highest BCUT2D eigenvalue weighted by atomic mass is 16.4. The Kier molecular flexibility index (Phi) is 1.65. The molecule has 42 valence electrons. The Morgan fingerprint density at radius 3 is 2.57 bits per heavy atom. The van der Waals surface area contributed by atoms with Gasteiger partial charge in [-0.05, 0) is 0 Å². The molecule has 0 aromatic carbocycles. The van der Waals surface area contributed by atoms with E-state index in [0.29, 0.717) is 0 Å². The lowest BCUT2D eigenvalue weighted by molar-refractivity contribution is -0.145. The van der Waals surface area contributed by atoms with E-state index in [1.54, 1.807) is 0 Å². The molecule has 0 aromatic heterocycles. The third-order valence-corrected chi connectivity index (χ3v) is 0.435. The predicted molar refractivity (Wildman–Crippen MR) is 22.7 cm³/mol. The summed E-state index contributed by atoms with van der Waals surface area (Å²) in [6, 6.07) is 0. The largest absolute Gasteiger partial charge is 0.479 e. The fourth-order valence-corrected chi connectivity index (χ4v) is 0.0823. The Balaban J connectivity index is 3.64. The Hall–Kier alpha value is -0.610. The van der Waals surface area contributed by atoms with Crippen molar-refractivity contribution in [3.05, 3.63) is 0 Å². The maximum Gasteiger partial charge on any atom is 0.333 e. The zero-order valence-electron chi connectivity index (χ0n) is 4.53. The summed E-state index contributed by atoms with van der Waals surface area (Å²) in [6.45, 7) is -1.45. The van der Waals surface area contributed by atoms with Gasteiger partial charge in [0.25, 0.3) is 0 Å². The summed E-state index contributed by atoms with van der Waals surface area (Å²) in [5, 5.41) is 16.2. The highest BCUT2D eigenvalue weighted by Crippen LogP contribution is 1.73. The van der Waals surface area contributed by atoms with Crippen molar-refractivity contribution in [3.63, 3.8) is 0 Å². The maximum absolute atomic E-state index is 9.69. The molecule has 0 aliphatic heterocycles. The first kappa shape index (κ1) is 4.55. The van der Waals surface area contributed by atoms with Crippen LogP contribution in [0.25, 0.3) is 0 Å². The minimum absolute atomic E-state index is 1.45. The number of carboxylic acid groups (broad SMARTS) is 1. The standard InChI is InChI=1S/C3H7NO3/c4-1-2(5)3(6)7/h2,5H,1,4H2,(H,6,7)/t2-/m1/s1/i1D/t1-,2-. The molecule has 7 heavy (non-hydrogen) atoms. The minimum Gasteiger partial charge on any atom is -0.479 e. The van der Waals surface area contributed by atoms with E-state index < -0.39 is 18.6 Å². The zero-order chi connectivity index (χ0) is 6.73. The molecule has 0 saturated heterocycles. The zero-order valence-corrected chi connectivity index (χ0v) is 3.53. The molecular weight excluding hydrogens is 98.0 g/mol. The monoisotopic (exact) mass is 106 g/mol. The summed E-state index contributed by atoms with van der Waals surface area (Å²) >= 11 is 0. The normalized spacial score (nSPS) is 20.0. The quantitative estimate of drug-likeness (QED) is 0.395. The van der Waals surface area contributed by atoms with Crippen molar-refractivity contribution in [2.24, 2.45) is 5.73 Å². The molecule has 0 amide bonds. The van der Waals surface area contributed by atoms with E-state index in [9.17, 15) is 4.79 Å². The van der Waals surface area contributed by atoms with Gasteiger partial charge in [-0.2, -0.15) is 0 Å². The molecule has 0 rings (SSSR count). The predicted octanol–water partition coefficient (Wildman–Crippen LogP) is -1.61. The lowest BCUT2D eigenvalue weighted by atomic mass is 10.4. The number of hydrogen-bond acceptors (Lipinski definition) is 3. The second kappa shape index (κ2) is 2.54. The van der Waals surface area contributed by atoms with Crippen molar-refractivity contribution >= 4 is 5.97 Å². The van der Waals surface area contributed by atoms with Gasteiger partial charge in [0.05, 0.1) is 0 Å². The van der Waals surface area contributed by atoms with Crippen LogP contribution in [0.5, 0.6) is 0 Å². The molecule has 0 aliphatic rings. The molecule has 0 heterocycles. The van der Waals surface area contributed by atoms with Crippen molar-refractivity contribution in [1.82, 2.24) is 0 Å². The highest BCUT2D eigenvalue weighted by molar-refractivity contribution is 5.72. The van der Waals surface area contributed by atoms with Gasteiger partial charge in [0.15, 0.2) is 6.10 Å². The van der Waals surface area contributed by atoms with E-state index in [2.05, 4.69) is 5.73 Å². The van der Waals surface area contributed by atoms with Crippen LogP contribution < -0.4 is 5.73 Å². The number of carbonyl (C=O) groups is 1. The lowest BCUT2D eigenvalue weighted by Gasteiger charge is -1.96. The van der Waals surface area contributed by atoms with Crippen LogP contribution in [0.3, 0.4) is 0 Å². The van der Waals surface area contributed by atoms with Gasteiger partial charge in [-0.3, -0.25) is 0 Å². The maximum atomic E-state index is 9.69. The summed E-state index contributed by atoms with van der Waals surface area (Å²) < 4.78 is 6.46. The van der Waals surface area contributed by atoms with E-state index in [0.717, 1.165) is 0 Å². The average molecular weight is 106 g/mol.